The molecule has 3 aromatic carbocycles. The first kappa shape index (κ1) is 41.0. The van der Waals surface area contributed by atoms with Crippen molar-refractivity contribution >= 4 is 67.4 Å². The van der Waals surface area contributed by atoms with E-state index in [4.69, 9.17) is 14.7 Å². The highest BCUT2D eigenvalue weighted by Gasteiger charge is 2.31. The number of ether oxygens (including phenoxy) is 1. The van der Waals surface area contributed by atoms with Gasteiger partial charge in [-0.05, 0) is 86.5 Å². The van der Waals surface area contributed by atoms with Crippen molar-refractivity contribution in [2.75, 3.05) is 72.5 Å². The molecule has 17 heteroatoms. The summed E-state index contributed by atoms with van der Waals surface area (Å²) in [5, 5.41) is 17.0. The second-order valence-corrected chi connectivity index (χ2v) is 17.6. The number of aryl methyl sites for hydroxylation is 1. The third-order valence-electron chi connectivity index (χ3n) is 11.6. The summed E-state index contributed by atoms with van der Waals surface area (Å²) >= 11 is 0. The van der Waals surface area contributed by atoms with Gasteiger partial charge >= 0.3 is 0 Å². The fraction of sp³-hybridized carbons (Fsp3) is 0.395. The largest absolute Gasteiger partial charge is 0.494 e. The number of aromatic nitrogens is 3. The third kappa shape index (κ3) is 8.88. The van der Waals surface area contributed by atoms with Gasteiger partial charge in [0, 0.05) is 68.7 Å². The van der Waals surface area contributed by atoms with Crippen molar-refractivity contribution in [2.24, 2.45) is 0 Å². The molecule has 1 unspecified atom stereocenters. The second-order valence-electron chi connectivity index (χ2n) is 15.7. The van der Waals surface area contributed by atoms with Crippen LogP contribution in [0.15, 0.2) is 60.8 Å². The molecule has 60 heavy (non-hydrogen) atoms. The van der Waals surface area contributed by atoms with Crippen molar-refractivity contribution in [3.05, 3.63) is 88.9 Å². The Bertz CT molecular complexity index is 2520. The molecule has 0 radical (unpaired) electrons. The van der Waals surface area contributed by atoms with Gasteiger partial charge in [0.05, 0.1) is 41.7 Å². The van der Waals surface area contributed by atoms with Gasteiger partial charge in [-0.2, -0.15) is 9.97 Å². The number of amides is 2. The normalized spacial score (nSPS) is 17.2. The molecule has 0 spiro atoms. The van der Waals surface area contributed by atoms with Crippen LogP contribution >= 0.6 is 0 Å². The van der Waals surface area contributed by atoms with Crippen LogP contribution in [0.25, 0.3) is 11.0 Å². The molecule has 3 aliphatic rings. The van der Waals surface area contributed by atoms with Gasteiger partial charge in [-0.15, -0.1) is 0 Å². The number of carbonyl (C=O) groups is 2. The number of nitrogens with zero attached hydrogens (tertiary/aromatic N) is 4. The molecule has 15 nitrogen and oxygen atoms in total. The summed E-state index contributed by atoms with van der Waals surface area (Å²) in [5.74, 6) is -0.235. The summed E-state index contributed by atoms with van der Waals surface area (Å²) in [4.78, 5) is 38.8. The van der Waals surface area contributed by atoms with Gasteiger partial charge in [-0.25, -0.2) is 12.8 Å². The number of carbonyl (C=O) groups excluding carboxylic acids is 2. The molecular weight excluding hydrogens is 788 g/mol. The van der Waals surface area contributed by atoms with Crippen LogP contribution in [0.3, 0.4) is 0 Å². The first-order valence-corrected chi connectivity index (χ1v) is 22.3. The van der Waals surface area contributed by atoms with Crippen molar-refractivity contribution in [3.8, 4) is 5.75 Å². The first-order valence-electron chi connectivity index (χ1n) is 20.4. The van der Waals surface area contributed by atoms with Crippen LogP contribution in [0.1, 0.15) is 53.9 Å². The number of H-pyrrole nitrogens is 1. The number of anilines is 6. The Labute approximate surface area is 348 Å². The standard InChI is InChI=1S/C43H51FN10O5S/c1-26-23-35(49-43-51-40-32(12-17-47-40)41(52-43)48-34-6-4-5-28-13-22-54(39(28)34)60(3,57)58)37(59-2)25-36(26)53-20-14-29(15-21-53)46-19-18-45-16-11-27-7-8-30(33(44)24-27)31-9-10-38(55)50-42(31)56/h4-8,12,17,23-25,29,31,45-46H,9-11,13-16,18-22H2,1-3H3,(H,50,55,56)(H3,47,48,49,51,52). The summed E-state index contributed by atoms with van der Waals surface area (Å²) in [6.07, 6.45) is 6.86. The zero-order valence-corrected chi connectivity index (χ0v) is 34.8. The average Bonchev–Trinajstić information content (AvgIpc) is 3.89. The molecule has 5 heterocycles. The predicted octanol–water partition coefficient (Wildman–Crippen LogP) is 5.13. The molecule has 2 aromatic heterocycles. The lowest BCUT2D eigenvalue weighted by molar-refractivity contribution is -0.134. The lowest BCUT2D eigenvalue weighted by Crippen LogP contribution is -2.44. The predicted molar refractivity (Wildman–Crippen MR) is 232 cm³/mol. The Morgan fingerprint density at radius 2 is 1.77 bits per heavy atom. The van der Waals surface area contributed by atoms with Crippen molar-refractivity contribution in [3.63, 3.8) is 0 Å². The van der Waals surface area contributed by atoms with Gasteiger partial charge in [-0.3, -0.25) is 19.2 Å². The smallest absolute Gasteiger partial charge is 0.234 e. The number of imide groups is 1. The number of rotatable bonds is 15. The Morgan fingerprint density at radius 1 is 0.933 bits per heavy atom. The number of para-hydroxylation sites is 1. The van der Waals surface area contributed by atoms with Crippen LogP contribution in [-0.4, -0.2) is 93.9 Å². The maximum absolute atomic E-state index is 14.9. The van der Waals surface area contributed by atoms with Gasteiger partial charge in [0.2, 0.25) is 27.8 Å². The molecule has 5 aromatic rings. The lowest BCUT2D eigenvalue weighted by atomic mass is 9.89. The molecule has 2 saturated heterocycles. The lowest BCUT2D eigenvalue weighted by Gasteiger charge is -2.35. The number of halogens is 1. The Hall–Kier alpha value is -5.78. The number of hydrogen-bond acceptors (Lipinski definition) is 12. The maximum atomic E-state index is 14.9. The maximum Gasteiger partial charge on any atom is 0.234 e. The molecule has 6 N–H and O–H groups in total. The highest BCUT2D eigenvalue weighted by molar-refractivity contribution is 7.92. The number of fused-ring (bicyclic) bond motifs is 2. The zero-order valence-electron chi connectivity index (χ0n) is 34.0. The zero-order chi connectivity index (χ0) is 42.0. The molecule has 3 aliphatic heterocycles. The van der Waals surface area contributed by atoms with Crippen molar-refractivity contribution in [1.29, 1.82) is 0 Å². The number of nitrogens with one attached hydrogen (secondary N) is 6. The molecule has 0 saturated carbocycles. The van der Waals surface area contributed by atoms with Crippen LogP contribution in [0.2, 0.25) is 0 Å². The van der Waals surface area contributed by atoms with Gasteiger partial charge in [0.1, 0.15) is 23.0 Å². The Kier molecular flexibility index (Phi) is 11.9. The first-order chi connectivity index (χ1) is 28.9. The van der Waals surface area contributed by atoms with E-state index in [1.807, 2.05) is 30.3 Å². The topological polar surface area (TPSA) is 186 Å². The Balaban J connectivity index is 0.837. The molecule has 1 atom stereocenters. The monoisotopic (exact) mass is 838 g/mol. The van der Waals surface area contributed by atoms with Gasteiger partial charge in [-0.1, -0.05) is 24.3 Å². The summed E-state index contributed by atoms with van der Waals surface area (Å²) in [5.41, 5.74) is 6.98. The highest BCUT2D eigenvalue weighted by Crippen LogP contribution is 2.40. The molecule has 0 aliphatic carbocycles. The number of benzene rings is 3. The second kappa shape index (κ2) is 17.4. The van der Waals surface area contributed by atoms with Gasteiger partial charge in [0.25, 0.3) is 0 Å². The van der Waals surface area contributed by atoms with E-state index < -0.39 is 27.7 Å². The number of sulfonamides is 1. The fourth-order valence-corrected chi connectivity index (χ4v) is 9.50. The summed E-state index contributed by atoms with van der Waals surface area (Å²) < 4.78 is 47.5. The average molecular weight is 839 g/mol. The number of piperidine rings is 2. The summed E-state index contributed by atoms with van der Waals surface area (Å²) in [7, 11) is -1.81. The molecule has 8 rings (SSSR count). The van der Waals surface area contributed by atoms with E-state index in [9.17, 15) is 22.4 Å². The molecule has 2 fully saturated rings. The van der Waals surface area contributed by atoms with E-state index in [-0.39, 0.29) is 12.3 Å². The minimum Gasteiger partial charge on any atom is -0.494 e. The van der Waals surface area contributed by atoms with Crippen molar-refractivity contribution < 1.29 is 27.1 Å². The van der Waals surface area contributed by atoms with Crippen molar-refractivity contribution in [2.45, 2.75) is 57.4 Å². The van der Waals surface area contributed by atoms with Crippen LogP contribution in [-0.2, 0) is 32.5 Å². The minimum atomic E-state index is -3.46. The van der Waals surface area contributed by atoms with Crippen molar-refractivity contribution in [1.82, 2.24) is 30.9 Å². The summed E-state index contributed by atoms with van der Waals surface area (Å²) in [6.45, 7) is 6.58. The van der Waals surface area contributed by atoms with Crippen LogP contribution in [0.4, 0.5) is 38.9 Å². The number of hydrogen-bond donors (Lipinski definition) is 6. The number of aromatic amines is 1. The Morgan fingerprint density at radius 3 is 2.53 bits per heavy atom. The quantitative estimate of drug-likeness (QED) is 0.0604. The fourth-order valence-electron chi connectivity index (χ4n) is 8.52. The van der Waals surface area contributed by atoms with Gasteiger partial charge < -0.3 is 35.9 Å². The van der Waals surface area contributed by atoms with Gasteiger partial charge in [0.15, 0.2) is 0 Å². The van der Waals surface area contributed by atoms with Crippen LogP contribution in [0.5, 0.6) is 5.75 Å². The number of methoxy groups -OCH3 is 1. The molecule has 2 amide bonds. The highest BCUT2D eigenvalue weighted by atomic mass is 32.2. The van der Waals surface area contributed by atoms with Crippen LogP contribution in [0, 0.1) is 12.7 Å². The van der Waals surface area contributed by atoms with Crippen LogP contribution < -0.4 is 40.5 Å². The van der Waals surface area contributed by atoms with E-state index in [0.29, 0.717) is 78.5 Å². The van der Waals surface area contributed by atoms with E-state index >= 15 is 0 Å². The molecular formula is C43H51FN10O5S. The van der Waals surface area contributed by atoms with E-state index in [0.717, 1.165) is 72.5 Å². The minimum absolute atomic E-state index is 0.220. The third-order valence-corrected chi connectivity index (χ3v) is 12.8. The SMILES string of the molecule is COc1cc(N2CCC(NCCNCCc3ccc(C4CCC(=O)NC4=O)c(F)c3)CC2)c(C)cc1Nc1nc(Nc2cccc3c2N(S(C)(=O)=O)CC3)c2cc[nH]c2n1. The van der Waals surface area contributed by atoms with E-state index in [2.05, 4.69) is 55.5 Å². The van der Waals surface area contributed by atoms with E-state index in [1.165, 1.54) is 16.6 Å². The molecule has 316 valence electrons. The van der Waals surface area contributed by atoms with E-state index in [1.54, 1.807) is 19.4 Å². The summed E-state index contributed by atoms with van der Waals surface area (Å²) in [6, 6.07) is 17.2. The molecule has 0 bridgehead atoms.